The maximum atomic E-state index is 12.4. The van der Waals surface area contributed by atoms with Gasteiger partial charge in [-0.25, -0.2) is 4.79 Å². The van der Waals surface area contributed by atoms with Crippen LogP contribution in [-0.2, 0) is 23.8 Å². The molecular formula is C26H30N2O7. The number of carboxylic acids is 1. The molecule has 1 unspecified atom stereocenters. The quantitative estimate of drug-likeness (QED) is 0.500. The van der Waals surface area contributed by atoms with Gasteiger partial charge >= 0.3 is 12.1 Å². The number of likely N-dealkylation sites (tertiary alicyclic amines) is 1. The lowest BCUT2D eigenvalue weighted by Crippen LogP contribution is -2.41. The summed E-state index contributed by atoms with van der Waals surface area (Å²) in [5.74, 6) is -1.27. The molecule has 1 fully saturated rings. The molecule has 1 saturated heterocycles. The number of alkyl carbamates (subject to hydrolysis) is 1. The average molecular weight is 483 g/mol. The summed E-state index contributed by atoms with van der Waals surface area (Å²) >= 11 is 0. The predicted octanol–water partition coefficient (Wildman–Crippen LogP) is 2.49. The van der Waals surface area contributed by atoms with Crippen molar-refractivity contribution in [1.82, 2.24) is 10.2 Å². The minimum absolute atomic E-state index is 0.0153. The second-order valence-corrected chi connectivity index (χ2v) is 8.89. The summed E-state index contributed by atoms with van der Waals surface area (Å²) < 4.78 is 15.9. The number of rotatable bonds is 10. The molecule has 0 radical (unpaired) electrons. The third kappa shape index (κ3) is 5.31. The minimum Gasteiger partial charge on any atom is -0.481 e. The fourth-order valence-corrected chi connectivity index (χ4v) is 4.84. The molecule has 0 saturated carbocycles. The van der Waals surface area contributed by atoms with Gasteiger partial charge in [0.05, 0.1) is 13.2 Å². The molecule has 1 atom stereocenters. The van der Waals surface area contributed by atoms with Crippen LogP contribution in [-0.4, -0.2) is 81.1 Å². The molecule has 2 aliphatic rings. The molecule has 2 aromatic carbocycles. The molecule has 9 nitrogen and oxygen atoms in total. The van der Waals surface area contributed by atoms with Gasteiger partial charge in [-0.05, 0) is 28.7 Å². The smallest absolute Gasteiger partial charge is 0.407 e. The Morgan fingerprint density at radius 1 is 1.09 bits per heavy atom. The molecular weight excluding hydrogens is 452 g/mol. The van der Waals surface area contributed by atoms with Gasteiger partial charge in [0.15, 0.2) is 0 Å². The first-order valence-electron chi connectivity index (χ1n) is 11.6. The van der Waals surface area contributed by atoms with Crippen molar-refractivity contribution in [2.24, 2.45) is 5.41 Å². The van der Waals surface area contributed by atoms with Crippen LogP contribution in [0, 0.1) is 5.41 Å². The Morgan fingerprint density at radius 3 is 2.37 bits per heavy atom. The van der Waals surface area contributed by atoms with Crippen LogP contribution in [0.4, 0.5) is 4.79 Å². The number of hydrogen-bond donors (Lipinski definition) is 2. The largest absolute Gasteiger partial charge is 0.481 e. The van der Waals surface area contributed by atoms with Gasteiger partial charge in [0, 0.05) is 32.7 Å². The number of nitrogens with zero attached hydrogens (tertiary/aromatic N) is 1. The Morgan fingerprint density at radius 2 is 1.74 bits per heavy atom. The zero-order valence-corrected chi connectivity index (χ0v) is 19.7. The van der Waals surface area contributed by atoms with E-state index in [4.69, 9.17) is 14.2 Å². The zero-order chi connectivity index (χ0) is 24.8. The summed E-state index contributed by atoms with van der Waals surface area (Å²) in [5, 5.41) is 12.1. The Labute approximate surface area is 204 Å². The van der Waals surface area contributed by atoms with Gasteiger partial charge in [-0.2, -0.15) is 0 Å². The highest BCUT2D eigenvalue weighted by atomic mass is 16.5. The van der Waals surface area contributed by atoms with Crippen LogP contribution < -0.4 is 5.32 Å². The Bertz CT molecular complexity index is 1040. The highest BCUT2D eigenvalue weighted by molar-refractivity contribution is 5.81. The van der Waals surface area contributed by atoms with Crippen molar-refractivity contribution in [3.63, 3.8) is 0 Å². The van der Waals surface area contributed by atoms with Crippen LogP contribution in [0.3, 0.4) is 0 Å². The molecule has 186 valence electrons. The first-order chi connectivity index (χ1) is 16.9. The van der Waals surface area contributed by atoms with E-state index in [1.54, 1.807) is 0 Å². The maximum Gasteiger partial charge on any atom is 0.407 e. The van der Waals surface area contributed by atoms with Crippen LogP contribution in [0.1, 0.15) is 23.5 Å². The molecule has 0 spiro atoms. The lowest BCUT2D eigenvalue weighted by Gasteiger charge is -2.23. The summed E-state index contributed by atoms with van der Waals surface area (Å²) in [4.78, 5) is 37.6. The number of aliphatic carboxylic acids is 1. The molecule has 2 amide bonds. The second-order valence-electron chi connectivity index (χ2n) is 8.89. The molecule has 4 rings (SSSR count). The first-order valence-corrected chi connectivity index (χ1v) is 11.6. The van der Waals surface area contributed by atoms with Crippen molar-refractivity contribution in [2.45, 2.75) is 12.3 Å². The monoisotopic (exact) mass is 482 g/mol. The molecule has 2 N–H and O–H groups in total. The molecule has 0 aromatic heterocycles. The number of carbonyl (C=O) groups excluding carboxylic acids is 2. The number of carbonyl (C=O) groups is 3. The molecule has 35 heavy (non-hydrogen) atoms. The van der Waals surface area contributed by atoms with Crippen LogP contribution in [0.15, 0.2) is 48.5 Å². The Balaban J connectivity index is 1.17. The van der Waals surface area contributed by atoms with E-state index in [1.165, 1.54) is 12.0 Å². The number of amides is 2. The van der Waals surface area contributed by atoms with Gasteiger partial charge in [-0.3, -0.25) is 9.59 Å². The number of ether oxygens (including phenoxy) is 3. The van der Waals surface area contributed by atoms with E-state index >= 15 is 0 Å². The van der Waals surface area contributed by atoms with Crippen molar-refractivity contribution >= 4 is 18.0 Å². The molecule has 1 heterocycles. The van der Waals surface area contributed by atoms with Gasteiger partial charge in [0.25, 0.3) is 0 Å². The van der Waals surface area contributed by atoms with Crippen molar-refractivity contribution in [3.8, 4) is 11.1 Å². The summed E-state index contributed by atoms with van der Waals surface area (Å²) in [6, 6.07) is 16.2. The van der Waals surface area contributed by atoms with Crippen LogP contribution in [0.2, 0.25) is 0 Å². The third-order valence-corrected chi connectivity index (χ3v) is 6.67. The van der Waals surface area contributed by atoms with E-state index in [9.17, 15) is 19.5 Å². The maximum absolute atomic E-state index is 12.4. The van der Waals surface area contributed by atoms with E-state index in [2.05, 4.69) is 29.6 Å². The molecule has 1 aliphatic carbocycles. The first kappa shape index (κ1) is 24.7. The third-order valence-electron chi connectivity index (χ3n) is 6.67. The van der Waals surface area contributed by atoms with Crippen molar-refractivity contribution in [1.29, 1.82) is 0 Å². The summed E-state index contributed by atoms with van der Waals surface area (Å²) in [6.45, 7) is 0.845. The van der Waals surface area contributed by atoms with Crippen molar-refractivity contribution < 1.29 is 33.7 Å². The molecule has 1 aliphatic heterocycles. The summed E-state index contributed by atoms with van der Waals surface area (Å²) in [7, 11) is 1.45. The number of nitrogens with one attached hydrogen (secondary N) is 1. The van der Waals surface area contributed by atoms with Crippen molar-refractivity contribution in [3.05, 3.63) is 59.7 Å². The Kier molecular flexibility index (Phi) is 7.67. The van der Waals surface area contributed by atoms with E-state index in [0.717, 1.165) is 22.3 Å². The fourth-order valence-electron chi connectivity index (χ4n) is 4.84. The van der Waals surface area contributed by atoms with Crippen LogP contribution in [0.25, 0.3) is 11.1 Å². The number of fused-ring (bicyclic) bond motifs is 3. The molecule has 9 heteroatoms. The second kappa shape index (κ2) is 10.9. The van der Waals surface area contributed by atoms with E-state index < -0.39 is 17.5 Å². The number of methoxy groups -OCH3 is 1. The molecule has 0 bridgehead atoms. The summed E-state index contributed by atoms with van der Waals surface area (Å²) in [6.07, 6.45) is -0.210. The summed E-state index contributed by atoms with van der Waals surface area (Å²) in [5.41, 5.74) is 3.54. The zero-order valence-electron chi connectivity index (χ0n) is 19.7. The van der Waals surface area contributed by atoms with E-state index in [0.29, 0.717) is 13.0 Å². The molecule has 2 aromatic rings. The topological polar surface area (TPSA) is 114 Å². The van der Waals surface area contributed by atoms with Crippen molar-refractivity contribution in [2.75, 3.05) is 53.2 Å². The van der Waals surface area contributed by atoms with Crippen LogP contribution in [0.5, 0.6) is 0 Å². The highest BCUT2D eigenvalue weighted by Crippen LogP contribution is 2.44. The van der Waals surface area contributed by atoms with Gasteiger partial charge in [-0.15, -0.1) is 0 Å². The van der Waals surface area contributed by atoms with Gasteiger partial charge in [-0.1, -0.05) is 48.5 Å². The van der Waals surface area contributed by atoms with Gasteiger partial charge < -0.3 is 29.5 Å². The predicted molar refractivity (Wildman–Crippen MR) is 127 cm³/mol. The lowest BCUT2D eigenvalue weighted by atomic mass is 9.88. The normalized spacial score (nSPS) is 18.7. The highest BCUT2D eigenvalue weighted by Gasteiger charge is 2.46. The van der Waals surface area contributed by atoms with Gasteiger partial charge in [0.1, 0.15) is 18.6 Å². The number of hydrogen-bond acceptors (Lipinski definition) is 6. The number of carboxylic acid groups (broad SMARTS) is 1. The van der Waals surface area contributed by atoms with E-state index in [-0.39, 0.29) is 51.3 Å². The number of benzene rings is 2. The van der Waals surface area contributed by atoms with E-state index in [1.807, 2.05) is 24.3 Å². The van der Waals surface area contributed by atoms with Crippen LogP contribution >= 0.6 is 0 Å². The van der Waals surface area contributed by atoms with Gasteiger partial charge in [0.2, 0.25) is 5.91 Å². The fraction of sp³-hybridized carbons (Fsp3) is 0.423. The SMILES string of the molecule is COCC1(C(=O)O)CCN(C(=O)COCCNC(=O)OCC2c3ccccc3-c3ccccc32)C1. The standard InChI is InChI=1S/C26H30N2O7/c1-33-17-26(24(30)31)10-12-28(16-26)23(29)15-34-13-11-27-25(32)35-14-22-20-8-4-2-6-18(20)19-7-3-5-9-21(19)22/h2-9,22H,10-17H2,1H3,(H,27,32)(H,30,31). The minimum atomic E-state index is -1.07. The Hall–Kier alpha value is -3.43. The lowest BCUT2D eigenvalue weighted by molar-refractivity contribution is -0.152. The average Bonchev–Trinajstić information content (AvgIpc) is 3.43.